The molecular weight excluding hydrogens is 195 g/mol. The normalized spacial score (nSPS) is 9.93. The van der Waals surface area contributed by atoms with Crippen LogP contribution in [0.15, 0.2) is 36.7 Å². The van der Waals surface area contributed by atoms with E-state index in [0.717, 1.165) is 5.69 Å². The molecule has 0 unspecified atom stereocenters. The monoisotopic (exact) mass is 204 g/mol. The molecule has 0 fully saturated rings. The molecule has 0 bridgehead atoms. The van der Waals surface area contributed by atoms with Crippen LogP contribution in [0.5, 0.6) is 0 Å². The average molecular weight is 204 g/mol. The Hall–Kier alpha value is -2.04. The largest absolute Gasteiger partial charge is 0.379 e. The van der Waals surface area contributed by atoms with Gasteiger partial charge in [0.25, 0.3) is 0 Å². The maximum Gasteiger partial charge on any atom is 0.214 e. The Bertz CT molecular complexity index is 432. The lowest BCUT2D eigenvalue weighted by Gasteiger charge is -2.04. The Kier molecular flexibility index (Phi) is 2.82. The molecule has 76 valence electrons. The zero-order valence-electron chi connectivity index (χ0n) is 7.89. The molecule has 0 saturated carbocycles. The third-order valence-corrected chi connectivity index (χ3v) is 1.83. The summed E-state index contributed by atoms with van der Waals surface area (Å²) in [6, 6.07) is 6.67. The van der Waals surface area contributed by atoms with Crippen molar-refractivity contribution in [1.82, 2.24) is 15.2 Å². The minimum atomic E-state index is -0.501. The molecule has 1 N–H and O–H groups in total. The lowest BCUT2D eigenvalue weighted by Crippen LogP contribution is -2.02. The summed E-state index contributed by atoms with van der Waals surface area (Å²) in [7, 11) is 0. The summed E-state index contributed by atoms with van der Waals surface area (Å²) < 4.78 is 12.7. The van der Waals surface area contributed by atoms with Gasteiger partial charge in [0.05, 0.1) is 12.2 Å². The molecule has 2 heterocycles. The zero-order chi connectivity index (χ0) is 10.5. The topological polar surface area (TPSA) is 50.7 Å². The molecule has 0 amide bonds. The molecule has 15 heavy (non-hydrogen) atoms. The molecule has 2 aromatic heterocycles. The summed E-state index contributed by atoms with van der Waals surface area (Å²) in [6.07, 6.45) is 3.02. The van der Waals surface area contributed by atoms with Gasteiger partial charge in [-0.1, -0.05) is 0 Å². The summed E-state index contributed by atoms with van der Waals surface area (Å²) in [6.45, 7) is 0.511. The molecule has 0 atom stereocenters. The lowest BCUT2D eigenvalue weighted by atomic mass is 10.3. The number of nitrogens with zero attached hydrogens (tertiary/aromatic N) is 3. The van der Waals surface area contributed by atoms with E-state index in [4.69, 9.17) is 0 Å². The van der Waals surface area contributed by atoms with Crippen molar-refractivity contribution in [3.63, 3.8) is 0 Å². The molecule has 4 nitrogen and oxygen atoms in total. The fourth-order valence-electron chi connectivity index (χ4n) is 1.13. The predicted octanol–water partition coefficient (Wildman–Crippen LogP) is 1.62. The first-order chi connectivity index (χ1) is 7.34. The van der Waals surface area contributed by atoms with Crippen LogP contribution in [-0.4, -0.2) is 15.2 Å². The van der Waals surface area contributed by atoms with E-state index in [1.165, 1.54) is 12.3 Å². The van der Waals surface area contributed by atoms with Gasteiger partial charge in [0.15, 0.2) is 0 Å². The van der Waals surface area contributed by atoms with Gasteiger partial charge in [0.1, 0.15) is 0 Å². The van der Waals surface area contributed by atoms with Gasteiger partial charge in [-0.2, -0.15) is 14.6 Å². The fourth-order valence-corrected chi connectivity index (χ4v) is 1.13. The lowest BCUT2D eigenvalue weighted by molar-refractivity contribution is 0.584. The number of halogens is 1. The van der Waals surface area contributed by atoms with Crippen LogP contribution in [0.3, 0.4) is 0 Å². The molecule has 0 aliphatic heterocycles. The first-order valence-electron chi connectivity index (χ1n) is 4.46. The number of anilines is 1. The van der Waals surface area contributed by atoms with Gasteiger partial charge in [0.2, 0.25) is 5.95 Å². The molecule has 2 aromatic rings. The van der Waals surface area contributed by atoms with Crippen molar-refractivity contribution >= 4 is 5.69 Å². The molecule has 2 rings (SSSR count). The molecule has 0 radical (unpaired) electrons. The Morgan fingerprint density at radius 2 is 2.20 bits per heavy atom. The molecule has 0 aliphatic rings. The van der Waals surface area contributed by atoms with Crippen LogP contribution < -0.4 is 5.32 Å². The maximum absolute atomic E-state index is 12.7. The Morgan fingerprint density at radius 3 is 2.93 bits per heavy atom. The standard InChI is InChI=1S/C10H9FN4/c11-10-6-8(3-5-12-10)13-7-9-2-1-4-14-15-9/h1-6H,7H2,(H,12,13). The molecule has 5 heteroatoms. The van der Waals surface area contributed by atoms with Crippen molar-refractivity contribution < 1.29 is 4.39 Å². The Morgan fingerprint density at radius 1 is 1.27 bits per heavy atom. The van der Waals surface area contributed by atoms with Crippen LogP contribution >= 0.6 is 0 Å². The summed E-state index contributed by atoms with van der Waals surface area (Å²) >= 11 is 0. The minimum absolute atomic E-state index is 0.501. The average Bonchev–Trinajstić information content (AvgIpc) is 2.28. The van der Waals surface area contributed by atoms with Gasteiger partial charge in [0, 0.05) is 24.1 Å². The van der Waals surface area contributed by atoms with E-state index in [9.17, 15) is 4.39 Å². The van der Waals surface area contributed by atoms with Crippen LogP contribution in [0.4, 0.5) is 10.1 Å². The maximum atomic E-state index is 12.7. The van der Waals surface area contributed by atoms with Gasteiger partial charge in [-0.15, -0.1) is 0 Å². The highest BCUT2D eigenvalue weighted by atomic mass is 19.1. The van der Waals surface area contributed by atoms with Crippen molar-refractivity contribution in [3.8, 4) is 0 Å². The van der Waals surface area contributed by atoms with Crippen molar-refractivity contribution in [1.29, 1.82) is 0 Å². The summed E-state index contributed by atoms with van der Waals surface area (Å²) in [4.78, 5) is 3.46. The van der Waals surface area contributed by atoms with Crippen molar-refractivity contribution in [2.24, 2.45) is 0 Å². The second-order valence-corrected chi connectivity index (χ2v) is 2.94. The van der Waals surface area contributed by atoms with Crippen LogP contribution in [0, 0.1) is 5.95 Å². The van der Waals surface area contributed by atoms with E-state index in [0.29, 0.717) is 12.2 Å². The van der Waals surface area contributed by atoms with E-state index in [2.05, 4.69) is 20.5 Å². The predicted molar refractivity (Wildman–Crippen MR) is 53.6 cm³/mol. The van der Waals surface area contributed by atoms with Crippen molar-refractivity contribution in [2.45, 2.75) is 6.54 Å². The van der Waals surface area contributed by atoms with Crippen LogP contribution in [0.25, 0.3) is 0 Å². The zero-order valence-corrected chi connectivity index (χ0v) is 7.89. The smallest absolute Gasteiger partial charge is 0.214 e. The molecule has 0 aromatic carbocycles. The number of hydrogen-bond donors (Lipinski definition) is 1. The first-order valence-corrected chi connectivity index (χ1v) is 4.46. The number of rotatable bonds is 3. The Balaban J connectivity index is 1.99. The fraction of sp³-hybridized carbons (Fsp3) is 0.100. The highest BCUT2D eigenvalue weighted by Gasteiger charge is 1.96. The number of aromatic nitrogens is 3. The minimum Gasteiger partial charge on any atom is -0.379 e. The van der Waals surface area contributed by atoms with Gasteiger partial charge in [-0.25, -0.2) is 4.98 Å². The van der Waals surface area contributed by atoms with Gasteiger partial charge in [-0.3, -0.25) is 0 Å². The van der Waals surface area contributed by atoms with E-state index >= 15 is 0 Å². The van der Waals surface area contributed by atoms with Crippen LogP contribution in [0.1, 0.15) is 5.69 Å². The molecule has 0 saturated heterocycles. The molecule has 0 aliphatic carbocycles. The van der Waals surface area contributed by atoms with Crippen LogP contribution in [-0.2, 0) is 6.54 Å². The van der Waals surface area contributed by atoms with Crippen LogP contribution in [0.2, 0.25) is 0 Å². The van der Waals surface area contributed by atoms with E-state index in [1.807, 2.05) is 6.07 Å². The van der Waals surface area contributed by atoms with E-state index in [-0.39, 0.29) is 0 Å². The number of pyridine rings is 1. The quantitative estimate of drug-likeness (QED) is 0.772. The Labute approximate surface area is 86.2 Å². The third-order valence-electron chi connectivity index (χ3n) is 1.83. The summed E-state index contributed by atoms with van der Waals surface area (Å²) in [5.41, 5.74) is 1.47. The molecular formula is C10H9FN4. The highest BCUT2D eigenvalue weighted by molar-refractivity contribution is 5.41. The number of nitrogens with one attached hydrogen (secondary N) is 1. The highest BCUT2D eigenvalue weighted by Crippen LogP contribution is 2.07. The SMILES string of the molecule is Fc1cc(NCc2cccnn2)ccn1. The van der Waals surface area contributed by atoms with E-state index in [1.54, 1.807) is 18.3 Å². The number of hydrogen-bond acceptors (Lipinski definition) is 4. The second-order valence-electron chi connectivity index (χ2n) is 2.94. The first kappa shape index (κ1) is 9.51. The summed E-state index contributed by atoms with van der Waals surface area (Å²) in [5.74, 6) is -0.501. The van der Waals surface area contributed by atoms with Gasteiger partial charge >= 0.3 is 0 Å². The van der Waals surface area contributed by atoms with Crippen molar-refractivity contribution in [3.05, 3.63) is 48.3 Å². The van der Waals surface area contributed by atoms with Gasteiger partial charge in [-0.05, 0) is 18.2 Å². The summed E-state index contributed by atoms with van der Waals surface area (Å²) in [5, 5.41) is 10.7. The van der Waals surface area contributed by atoms with E-state index < -0.39 is 5.95 Å². The van der Waals surface area contributed by atoms with Gasteiger partial charge < -0.3 is 5.32 Å². The van der Waals surface area contributed by atoms with Crippen molar-refractivity contribution in [2.75, 3.05) is 5.32 Å². The second kappa shape index (κ2) is 4.45. The molecule has 0 spiro atoms. The third kappa shape index (κ3) is 2.70.